The molecule has 2 N–H and O–H groups in total. The first kappa shape index (κ1) is 22.9. The van der Waals surface area contributed by atoms with Crippen LogP contribution in [-0.2, 0) is 6.61 Å². The number of aryl methyl sites for hydroxylation is 1. The number of amides is 1. The molecule has 5 aromatic rings. The summed E-state index contributed by atoms with van der Waals surface area (Å²) < 4.78 is 13.7. The number of nitrogens with one attached hydrogen (secondary N) is 1. The molecule has 0 radical (unpaired) electrons. The number of benzene rings is 2. The number of carbonyl (C=O) groups is 1. The number of aromatic nitrogens is 5. The normalized spacial score (nSPS) is 12.2. The van der Waals surface area contributed by atoms with Gasteiger partial charge in [-0.25, -0.2) is 0 Å². The predicted molar refractivity (Wildman–Crippen MR) is 131 cm³/mol. The minimum Gasteiger partial charge on any atom is -0.471 e. The highest BCUT2D eigenvalue weighted by Crippen LogP contribution is 2.30. The second-order valence-corrected chi connectivity index (χ2v) is 8.94. The van der Waals surface area contributed by atoms with Crippen molar-refractivity contribution >= 4 is 38.3 Å². The van der Waals surface area contributed by atoms with Gasteiger partial charge in [0.2, 0.25) is 11.7 Å². The monoisotopic (exact) mass is 536 g/mol. The number of hydrogen-bond acceptors (Lipinski definition) is 8. The van der Waals surface area contributed by atoms with Crippen LogP contribution in [0.1, 0.15) is 28.6 Å². The smallest absolute Gasteiger partial charge is 0.251 e. The Labute approximate surface area is 208 Å². The fraction of sp³-hybridized carbons (Fsp3) is 0.208. The lowest BCUT2D eigenvalue weighted by Gasteiger charge is -2.13. The van der Waals surface area contributed by atoms with Gasteiger partial charge >= 0.3 is 0 Å². The van der Waals surface area contributed by atoms with Crippen LogP contribution in [0.3, 0.4) is 0 Å². The van der Waals surface area contributed by atoms with E-state index in [0.29, 0.717) is 34.4 Å². The third kappa shape index (κ3) is 4.47. The molecule has 2 aromatic carbocycles. The first-order valence-electron chi connectivity index (χ1n) is 10.9. The van der Waals surface area contributed by atoms with Crippen molar-refractivity contribution in [2.75, 3.05) is 6.61 Å². The maximum absolute atomic E-state index is 12.3. The van der Waals surface area contributed by atoms with E-state index in [1.54, 1.807) is 36.6 Å². The van der Waals surface area contributed by atoms with E-state index in [1.165, 1.54) is 0 Å². The zero-order chi connectivity index (χ0) is 24.5. The first-order valence-corrected chi connectivity index (χ1v) is 11.6. The van der Waals surface area contributed by atoms with Crippen LogP contribution in [0.4, 0.5) is 0 Å². The molecule has 1 unspecified atom stereocenters. The van der Waals surface area contributed by atoms with Crippen molar-refractivity contribution in [3.8, 4) is 17.4 Å². The predicted octanol–water partition coefficient (Wildman–Crippen LogP) is 3.69. The molecule has 1 amide bonds. The van der Waals surface area contributed by atoms with Crippen molar-refractivity contribution in [3.05, 3.63) is 69.9 Å². The van der Waals surface area contributed by atoms with E-state index in [4.69, 9.17) is 14.4 Å². The summed E-state index contributed by atoms with van der Waals surface area (Å²) >= 11 is 3.53. The SMILES string of the molecule is Cc1cc(-c2nnc3c4ccccc4c(OCc4ccc(C(=O)NC(C)CO)cc4Br)nn23)no1. The van der Waals surface area contributed by atoms with Crippen LogP contribution < -0.4 is 10.1 Å². The van der Waals surface area contributed by atoms with Crippen molar-refractivity contribution in [1.29, 1.82) is 0 Å². The molecule has 178 valence electrons. The van der Waals surface area contributed by atoms with E-state index >= 15 is 0 Å². The number of hydrogen-bond donors (Lipinski definition) is 2. The Bertz CT molecular complexity index is 1550. The highest BCUT2D eigenvalue weighted by atomic mass is 79.9. The lowest BCUT2D eigenvalue weighted by molar-refractivity contribution is 0.0922. The summed E-state index contributed by atoms with van der Waals surface area (Å²) in [5.41, 5.74) is 2.41. The van der Waals surface area contributed by atoms with Crippen LogP contribution in [0.2, 0.25) is 0 Å². The third-order valence-corrected chi connectivity index (χ3v) is 6.16. The van der Waals surface area contributed by atoms with E-state index in [2.05, 4.69) is 41.7 Å². The molecule has 35 heavy (non-hydrogen) atoms. The zero-order valence-corrected chi connectivity index (χ0v) is 20.5. The maximum Gasteiger partial charge on any atom is 0.251 e. The topological polar surface area (TPSA) is 128 Å². The van der Waals surface area contributed by atoms with Crippen LogP contribution >= 0.6 is 15.9 Å². The highest BCUT2D eigenvalue weighted by Gasteiger charge is 2.19. The molecule has 0 aliphatic carbocycles. The molecule has 3 heterocycles. The van der Waals surface area contributed by atoms with Crippen LogP contribution in [0.25, 0.3) is 27.9 Å². The number of ether oxygens (including phenoxy) is 1. The average molecular weight is 537 g/mol. The number of halogens is 1. The van der Waals surface area contributed by atoms with Gasteiger partial charge in [-0.05, 0) is 32.0 Å². The minimum absolute atomic E-state index is 0.130. The van der Waals surface area contributed by atoms with Crippen LogP contribution in [0.5, 0.6) is 5.88 Å². The summed E-state index contributed by atoms with van der Waals surface area (Å²) in [7, 11) is 0. The standard InChI is InChI=1S/C24H21BrN6O4/c1-13(11-32)26-23(33)15-7-8-16(19(25)10-15)12-34-24-18-6-4-3-5-17(18)21-27-28-22(31(21)29-24)20-9-14(2)35-30-20/h3-10,13,32H,11-12H2,1-2H3,(H,26,33). The van der Waals surface area contributed by atoms with Crippen molar-refractivity contribution in [2.45, 2.75) is 26.5 Å². The number of carbonyl (C=O) groups excluding carboxylic acids is 1. The van der Waals surface area contributed by atoms with Crippen molar-refractivity contribution < 1.29 is 19.2 Å². The van der Waals surface area contributed by atoms with Gasteiger partial charge in [0.05, 0.1) is 6.61 Å². The number of rotatable bonds is 7. The van der Waals surface area contributed by atoms with E-state index < -0.39 is 0 Å². The summed E-state index contributed by atoms with van der Waals surface area (Å²) in [6, 6.07) is 14.3. The Kier molecular flexibility index (Phi) is 6.18. The van der Waals surface area contributed by atoms with Crippen LogP contribution in [0.15, 0.2) is 57.5 Å². The van der Waals surface area contributed by atoms with Gasteiger partial charge in [-0.15, -0.1) is 15.3 Å². The summed E-state index contributed by atoms with van der Waals surface area (Å²) in [6.45, 7) is 3.61. The molecule has 3 aromatic heterocycles. The van der Waals surface area contributed by atoms with Gasteiger partial charge in [-0.1, -0.05) is 45.4 Å². The molecule has 1 atom stereocenters. The number of fused-ring (bicyclic) bond motifs is 3. The molecule has 10 nitrogen and oxygen atoms in total. The van der Waals surface area contributed by atoms with E-state index in [0.717, 1.165) is 20.8 Å². The second kappa shape index (κ2) is 9.43. The van der Waals surface area contributed by atoms with Gasteiger partial charge in [0.1, 0.15) is 12.4 Å². The Morgan fingerprint density at radius 3 is 2.71 bits per heavy atom. The van der Waals surface area contributed by atoms with Crippen molar-refractivity contribution in [2.24, 2.45) is 0 Å². The fourth-order valence-electron chi connectivity index (χ4n) is 3.59. The molecule has 0 spiro atoms. The molecule has 0 saturated heterocycles. The largest absolute Gasteiger partial charge is 0.471 e. The molecule has 0 bridgehead atoms. The van der Waals surface area contributed by atoms with E-state index in [1.807, 2.05) is 30.3 Å². The van der Waals surface area contributed by atoms with Crippen LogP contribution in [0, 0.1) is 6.92 Å². The molecular weight excluding hydrogens is 516 g/mol. The van der Waals surface area contributed by atoms with Gasteiger partial charge in [-0.2, -0.15) is 4.52 Å². The molecular formula is C24H21BrN6O4. The third-order valence-electron chi connectivity index (χ3n) is 5.42. The van der Waals surface area contributed by atoms with Crippen LogP contribution in [-0.4, -0.2) is 48.6 Å². The quantitative estimate of drug-likeness (QED) is 0.322. The van der Waals surface area contributed by atoms with Gasteiger partial charge in [0, 0.05) is 38.5 Å². The minimum atomic E-state index is -0.331. The van der Waals surface area contributed by atoms with Gasteiger partial charge < -0.3 is 19.7 Å². The van der Waals surface area contributed by atoms with Crippen molar-refractivity contribution in [3.63, 3.8) is 0 Å². The average Bonchev–Trinajstić information content (AvgIpc) is 3.48. The second-order valence-electron chi connectivity index (χ2n) is 8.08. The Hall–Kier alpha value is -3.83. The molecule has 0 saturated carbocycles. The van der Waals surface area contributed by atoms with Crippen molar-refractivity contribution in [1.82, 2.24) is 30.3 Å². The molecule has 5 rings (SSSR count). The van der Waals surface area contributed by atoms with E-state index in [-0.39, 0.29) is 25.2 Å². The highest BCUT2D eigenvalue weighted by molar-refractivity contribution is 9.10. The Morgan fingerprint density at radius 2 is 2.00 bits per heavy atom. The van der Waals surface area contributed by atoms with Gasteiger partial charge in [0.25, 0.3) is 5.91 Å². The summed E-state index contributed by atoms with van der Waals surface area (Å²) in [5.74, 6) is 1.24. The number of aliphatic hydroxyl groups excluding tert-OH is 1. The number of aliphatic hydroxyl groups is 1. The molecule has 0 fully saturated rings. The molecule has 0 aliphatic rings. The Morgan fingerprint density at radius 1 is 1.20 bits per heavy atom. The number of nitrogens with zero attached hydrogens (tertiary/aromatic N) is 5. The lowest BCUT2D eigenvalue weighted by Crippen LogP contribution is -2.34. The Balaban J connectivity index is 1.46. The molecule has 0 aliphatic heterocycles. The van der Waals surface area contributed by atoms with Gasteiger partial charge in [-0.3, -0.25) is 4.79 Å². The summed E-state index contributed by atoms with van der Waals surface area (Å²) in [5, 5.41) is 30.8. The van der Waals surface area contributed by atoms with E-state index in [9.17, 15) is 4.79 Å². The zero-order valence-electron chi connectivity index (χ0n) is 18.9. The maximum atomic E-state index is 12.3. The summed E-state index contributed by atoms with van der Waals surface area (Å²) in [4.78, 5) is 12.3. The fourth-order valence-corrected chi connectivity index (χ4v) is 4.09. The lowest BCUT2D eigenvalue weighted by atomic mass is 10.1. The van der Waals surface area contributed by atoms with Gasteiger partial charge in [0.15, 0.2) is 11.3 Å². The molecule has 11 heteroatoms. The first-order chi connectivity index (χ1) is 16.9. The summed E-state index contributed by atoms with van der Waals surface area (Å²) in [6.07, 6.45) is 0.